The summed E-state index contributed by atoms with van der Waals surface area (Å²) in [5, 5.41) is 12.0. The first-order valence-electron chi connectivity index (χ1n) is 18.5. The van der Waals surface area contributed by atoms with Gasteiger partial charge in [-0.25, -0.2) is 8.42 Å². The highest BCUT2D eigenvalue weighted by atomic mass is 32.2. The van der Waals surface area contributed by atoms with E-state index in [1.807, 2.05) is 71.6 Å². The molecule has 0 radical (unpaired) electrons. The minimum Gasteiger partial charge on any atom is -0.493 e. The molecule has 2 aliphatic rings. The Morgan fingerprint density at radius 2 is 1.47 bits per heavy atom. The molecule has 1 amide bonds. The van der Waals surface area contributed by atoms with Gasteiger partial charge < -0.3 is 24.2 Å². The van der Waals surface area contributed by atoms with Gasteiger partial charge in [0.15, 0.2) is 11.5 Å². The van der Waals surface area contributed by atoms with Crippen molar-refractivity contribution in [3.8, 4) is 17.2 Å². The first-order chi connectivity index (χ1) is 26.8. The van der Waals surface area contributed by atoms with Gasteiger partial charge in [-0.1, -0.05) is 66.7 Å². The molecule has 2 aliphatic heterocycles. The first-order valence-corrected chi connectivity index (χ1v) is 19.9. The highest BCUT2D eigenvalue weighted by molar-refractivity contribution is 7.89. The molecular formula is C42H47N5O7S. The molecule has 7 rings (SSSR count). The number of rotatable bonds is 13. The molecule has 12 nitrogen and oxygen atoms in total. The quantitative estimate of drug-likeness (QED) is 0.186. The molecule has 13 heteroatoms. The zero-order chi connectivity index (χ0) is 38.4. The summed E-state index contributed by atoms with van der Waals surface area (Å²) < 4.78 is 46.8. The molecule has 2 saturated heterocycles. The van der Waals surface area contributed by atoms with Gasteiger partial charge in [0.25, 0.3) is 0 Å². The van der Waals surface area contributed by atoms with Crippen molar-refractivity contribution in [1.29, 1.82) is 0 Å². The molecule has 0 aliphatic carbocycles. The van der Waals surface area contributed by atoms with Crippen molar-refractivity contribution in [1.82, 2.24) is 24.0 Å². The summed E-state index contributed by atoms with van der Waals surface area (Å²) in [4.78, 5) is 25.1. The summed E-state index contributed by atoms with van der Waals surface area (Å²) in [5.74, 6) is 1.03. The van der Waals surface area contributed by atoms with Gasteiger partial charge in [-0.15, -0.1) is 0 Å². The Morgan fingerprint density at radius 1 is 0.782 bits per heavy atom. The Labute approximate surface area is 322 Å². The third-order valence-corrected chi connectivity index (χ3v) is 12.3. The van der Waals surface area contributed by atoms with Crippen LogP contribution in [-0.4, -0.2) is 129 Å². The van der Waals surface area contributed by atoms with E-state index in [2.05, 4.69) is 34.1 Å². The van der Waals surface area contributed by atoms with E-state index in [1.165, 1.54) is 41.8 Å². The fourth-order valence-corrected chi connectivity index (χ4v) is 9.20. The Morgan fingerprint density at radius 3 is 2.15 bits per heavy atom. The molecule has 2 atom stereocenters. The molecule has 1 aromatic heterocycles. The van der Waals surface area contributed by atoms with Crippen molar-refractivity contribution in [2.45, 2.75) is 23.1 Å². The third-order valence-electron chi connectivity index (χ3n) is 10.4. The first kappa shape index (κ1) is 38.2. The van der Waals surface area contributed by atoms with E-state index < -0.39 is 22.2 Å². The summed E-state index contributed by atoms with van der Waals surface area (Å²) in [7, 11) is -1.21. The Bertz CT molecular complexity index is 2120. The number of piperazine rings is 2. The van der Waals surface area contributed by atoms with Crippen molar-refractivity contribution in [3.05, 3.63) is 127 Å². The van der Waals surface area contributed by atoms with Gasteiger partial charge in [-0.05, 0) is 47.5 Å². The molecule has 55 heavy (non-hydrogen) atoms. The molecule has 3 heterocycles. The van der Waals surface area contributed by atoms with E-state index in [0.717, 1.165) is 10.9 Å². The molecule has 0 saturated carbocycles. The monoisotopic (exact) mass is 765 g/mol. The highest BCUT2D eigenvalue weighted by Crippen LogP contribution is 2.33. The number of aromatic nitrogens is 1. The maximum Gasteiger partial charge on any atom is 0.244 e. The molecule has 0 bridgehead atoms. The number of benzene rings is 4. The fourth-order valence-electron chi connectivity index (χ4n) is 7.62. The molecule has 1 N–H and O–H groups in total. The maximum atomic E-state index is 14.6. The van der Waals surface area contributed by atoms with Crippen LogP contribution in [0.1, 0.15) is 17.2 Å². The van der Waals surface area contributed by atoms with Crippen LogP contribution >= 0.6 is 0 Å². The second-order valence-electron chi connectivity index (χ2n) is 13.8. The number of hydrogen-bond acceptors (Lipinski definition) is 10. The van der Waals surface area contributed by atoms with E-state index >= 15 is 0 Å². The molecule has 288 valence electrons. The number of hydrogen-bond donors (Lipinski definition) is 1. The molecule has 1 unspecified atom stereocenters. The normalized spacial score (nSPS) is 18.0. The van der Waals surface area contributed by atoms with Gasteiger partial charge in [0.2, 0.25) is 15.9 Å². The lowest BCUT2D eigenvalue weighted by Crippen LogP contribution is -2.63. The van der Waals surface area contributed by atoms with Gasteiger partial charge in [0.1, 0.15) is 24.5 Å². The minimum atomic E-state index is -4.15. The number of amides is 1. The van der Waals surface area contributed by atoms with Gasteiger partial charge in [0.05, 0.1) is 30.7 Å². The van der Waals surface area contributed by atoms with E-state index in [9.17, 15) is 18.3 Å². The summed E-state index contributed by atoms with van der Waals surface area (Å²) in [6.07, 6.45) is 0.823. The fraction of sp³-hybridized carbons (Fsp3) is 0.333. The van der Waals surface area contributed by atoms with E-state index in [0.29, 0.717) is 44.2 Å². The smallest absolute Gasteiger partial charge is 0.244 e. The Kier molecular flexibility index (Phi) is 11.9. The summed E-state index contributed by atoms with van der Waals surface area (Å²) in [5.41, 5.74) is 3.13. The number of carbonyl (C=O) groups is 1. The van der Waals surface area contributed by atoms with Crippen molar-refractivity contribution in [2.24, 2.45) is 0 Å². The number of sulfonamides is 1. The van der Waals surface area contributed by atoms with E-state index in [4.69, 9.17) is 14.2 Å². The maximum absolute atomic E-state index is 14.6. The lowest BCUT2D eigenvalue weighted by Gasteiger charge is -2.44. The number of aliphatic hydroxyl groups is 1. The number of methoxy groups -OCH3 is 2. The molecular weight excluding hydrogens is 719 g/mol. The van der Waals surface area contributed by atoms with Crippen LogP contribution in [0.25, 0.3) is 10.9 Å². The zero-order valence-corrected chi connectivity index (χ0v) is 31.9. The number of carbonyl (C=O) groups excluding carboxylic acids is 1. The van der Waals surface area contributed by atoms with Crippen LogP contribution in [0.5, 0.6) is 17.2 Å². The van der Waals surface area contributed by atoms with Gasteiger partial charge in [0, 0.05) is 70.0 Å². The number of nitrogens with zero attached hydrogens (tertiary/aromatic N) is 5. The number of aliphatic hydroxyl groups excluding tert-OH is 1. The van der Waals surface area contributed by atoms with Crippen LogP contribution < -0.4 is 14.2 Å². The Hall–Kier alpha value is -5.05. The SMILES string of the molecule is COc1ccc(S(=O)(=O)N2CCN(C[C@@H](O)COc3cccc4ncccc34)CC2C(=O)N2CCN(C(c3ccccc3)c3ccccc3)CC2)cc1OC. The van der Waals surface area contributed by atoms with Crippen LogP contribution in [0.2, 0.25) is 0 Å². The zero-order valence-electron chi connectivity index (χ0n) is 31.1. The lowest BCUT2D eigenvalue weighted by atomic mass is 9.96. The minimum absolute atomic E-state index is 0.00722. The molecule has 5 aromatic rings. The van der Waals surface area contributed by atoms with Crippen molar-refractivity contribution < 1.29 is 32.5 Å². The number of β-amino-alcohol motifs (C(OH)–C–C–N with tert-alkyl or cyclic N) is 1. The second-order valence-corrected chi connectivity index (χ2v) is 15.7. The van der Waals surface area contributed by atoms with Gasteiger partial charge in [-0.2, -0.15) is 4.31 Å². The lowest BCUT2D eigenvalue weighted by molar-refractivity contribution is -0.139. The third kappa shape index (κ3) is 8.46. The van der Waals surface area contributed by atoms with E-state index in [-0.39, 0.29) is 48.8 Å². The van der Waals surface area contributed by atoms with Crippen LogP contribution in [0.4, 0.5) is 0 Å². The highest BCUT2D eigenvalue weighted by Gasteiger charge is 2.43. The number of fused-ring (bicyclic) bond motifs is 1. The largest absolute Gasteiger partial charge is 0.493 e. The topological polar surface area (TPSA) is 125 Å². The van der Waals surface area contributed by atoms with E-state index in [1.54, 1.807) is 17.2 Å². The van der Waals surface area contributed by atoms with Crippen molar-refractivity contribution in [3.63, 3.8) is 0 Å². The van der Waals surface area contributed by atoms with Crippen molar-refractivity contribution >= 4 is 26.8 Å². The van der Waals surface area contributed by atoms with Crippen LogP contribution in [0, 0.1) is 0 Å². The van der Waals surface area contributed by atoms with Crippen molar-refractivity contribution in [2.75, 3.05) is 73.2 Å². The van der Waals surface area contributed by atoms with Gasteiger partial charge in [-0.3, -0.25) is 19.6 Å². The molecule has 2 fully saturated rings. The predicted octanol–water partition coefficient (Wildman–Crippen LogP) is 4.30. The molecule has 0 spiro atoms. The average Bonchev–Trinajstić information content (AvgIpc) is 3.23. The number of pyridine rings is 1. The summed E-state index contributed by atoms with van der Waals surface area (Å²) in [6.45, 7) is 2.78. The summed E-state index contributed by atoms with van der Waals surface area (Å²) in [6, 6.07) is 33.5. The molecule has 4 aromatic carbocycles. The number of ether oxygens (including phenoxy) is 3. The predicted molar refractivity (Wildman–Crippen MR) is 210 cm³/mol. The van der Waals surface area contributed by atoms with Crippen LogP contribution in [0.15, 0.2) is 120 Å². The Balaban J connectivity index is 1.09. The van der Waals surface area contributed by atoms with Gasteiger partial charge >= 0.3 is 0 Å². The summed E-state index contributed by atoms with van der Waals surface area (Å²) >= 11 is 0. The average molecular weight is 766 g/mol. The standard InChI is InChI=1S/C42H47N5O7S/c1-52-39-19-18-34(27-40(39)53-2)55(50,51)47-26-21-44(28-33(48)30-54-38-17-9-16-36-35(38)15-10-20-43-36)29-37(47)42(49)46-24-22-45(23-25-46)41(31-11-5-3-6-12-31)32-13-7-4-8-14-32/h3-20,27,33,37,41,48H,21-26,28-30H2,1-2H3/t33-,37?/m1/s1. The van der Waals surface area contributed by atoms with Crippen LogP contribution in [-0.2, 0) is 14.8 Å². The second kappa shape index (κ2) is 17.2. The van der Waals surface area contributed by atoms with Crippen LogP contribution in [0.3, 0.4) is 0 Å².